The molecular weight excluding hydrogens is 248 g/mol. The monoisotopic (exact) mass is 270 g/mol. The zero-order valence-corrected chi connectivity index (χ0v) is 12.1. The van der Waals surface area contributed by atoms with Crippen LogP contribution in [0.5, 0.6) is 0 Å². The number of nitrogens with one attached hydrogen (secondary N) is 1. The summed E-state index contributed by atoms with van der Waals surface area (Å²) in [7, 11) is 0. The third kappa shape index (κ3) is 5.92. The van der Waals surface area contributed by atoms with E-state index in [1.807, 2.05) is 24.3 Å². The molecule has 0 aliphatic rings. The molecule has 3 N–H and O–H groups in total. The summed E-state index contributed by atoms with van der Waals surface area (Å²) >= 11 is 0. The molecule has 0 fully saturated rings. The van der Waals surface area contributed by atoms with Crippen molar-refractivity contribution < 1.29 is 4.79 Å². The van der Waals surface area contributed by atoms with E-state index in [2.05, 4.69) is 26.1 Å². The number of nitrogens with two attached hydrogens (primary N) is 1. The lowest BCUT2D eigenvalue weighted by molar-refractivity contribution is -0.120. The van der Waals surface area contributed by atoms with Crippen LogP contribution < -0.4 is 11.1 Å². The number of rotatable bonds is 5. The van der Waals surface area contributed by atoms with Crippen LogP contribution in [0.2, 0.25) is 0 Å². The van der Waals surface area contributed by atoms with Crippen molar-refractivity contribution in [2.45, 2.75) is 27.2 Å². The minimum Gasteiger partial charge on any atom is -0.399 e. The largest absolute Gasteiger partial charge is 0.399 e. The quantitative estimate of drug-likeness (QED) is 0.808. The highest BCUT2D eigenvalue weighted by Crippen LogP contribution is 2.08. The molecule has 1 atom stereocenters. The van der Waals surface area contributed by atoms with E-state index in [1.165, 1.54) is 0 Å². The van der Waals surface area contributed by atoms with Crippen LogP contribution in [0, 0.1) is 11.8 Å². The summed E-state index contributed by atoms with van der Waals surface area (Å²) in [6.45, 7) is 7.22. The second-order valence-electron chi connectivity index (χ2n) is 4.94. The first-order chi connectivity index (χ1) is 7.99. The average molecular weight is 271 g/mol. The van der Waals surface area contributed by atoms with Crippen LogP contribution in [-0.4, -0.2) is 12.5 Å². The Hall–Kier alpha value is -1.22. The molecule has 0 aliphatic heterocycles. The molecule has 18 heavy (non-hydrogen) atoms. The van der Waals surface area contributed by atoms with Crippen LogP contribution in [0.4, 0.5) is 5.69 Å². The van der Waals surface area contributed by atoms with E-state index in [-0.39, 0.29) is 18.3 Å². The number of benzene rings is 1. The summed E-state index contributed by atoms with van der Waals surface area (Å²) in [6, 6.07) is 7.42. The van der Waals surface area contributed by atoms with E-state index in [0.717, 1.165) is 17.8 Å². The minimum atomic E-state index is 0. The van der Waals surface area contributed by atoms with E-state index >= 15 is 0 Å². The van der Waals surface area contributed by atoms with Crippen molar-refractivity contribution in [2.75, 3.05) is 12.3 Å². The van der Waals surface area contributed by atoms with Gasteiger partial charge in [-0.15, -0.1) is 12.4 Å². The first kappa shape index (κ1) is 16.8. The first-order valence-electron chi connectivity index (χ1n) is 6.10. The third-order valence-electron chi connectivity index (χ3n) is 3.10. The lowest BCUT2D eigenvalue weighted by atomic mass is 9.98. The number of hydrogen-bond donors (Lipinski definition) is 2. The molecule has 4 heteroatoms. The predicted octanol–water partition coefficient (Wildman–Crippen LogP) is 2.64. The van der Waals surface area contributed by atoms with Crippen molar-refractivity contribution >= 4 is 24.0 Å². The minimum absolute atomic E-state index is 0. The molecule has 0 saturated heterocycles. The number of carbonyl (C=O) groups is 1. The molecule has 0 radical (unpaired) electrons. The number of carbonyl (C=O) groups excluding carboxylic acids is 1. The first-order valence-corrected chi connectivity index (χ1v) is 6.10. The Kier molecular flexibility index (Phi) is 7.44. The van der Waals surface area contributed by atoms with Gasteiger partial charge in [0.15, 0.2) is 0 Å². The normalized spacial score (nSPS) is 11.8. The molecular formula is C14H23ClN2O. The Morgan fingerprint density at radius 1 is 1.22 bits per heavy atom. The summed E-state index contributed by atoms with van der Waals surface area (Å²) < 4.78 is 0. The highest BCUT2D eigenvalue weighted by atomic mass is 35.5. The van der Waals surface area contributed by atoms with Crippen LogP contribution in [0.15, 0.2) is 24.3 Å². The fraction of sp³-hybridized carbons (Fsp3) is 0.500. The highest BCUT2D eigenvalue weighted by molar-refractivity contribution is 5.85. The topological polar surface area (TPSA) is 55.1 Å². The maximum Gasteiger partial charge on any atom is 0.224 e. The van der Waals surface area contributed by atoms with Crippen LogP contribution in [-0.2, 0) is 11.2 Å². The van der Waals surface area contributed by atoms with Gasteiger partial charge in [-0.05, 0) is 29.5 Å². The standard InChI is InChI=1S/C14H22N2O.ClH/c1-10(2)11(3)9-16-14(17)8-12-4-6-13(15)7-5-12;/h4-7,10-11H,8-9,15H2,1-3H3,(H,16,17);1H. The van der Waals surface area contributed by atoms with Crippen LogP contribution >= 0.6 is 12.4 Å². The second kappa shape index (κ2) is 7.98. The molecule has 1 aromatic carbocycles. The Bertz CT molecular complexity index is 363. The molecule has 0 heterocycles. The molecule has 3 nitrogen and oxygen atoms in total. The highest BCUT2D eigenvalue weighted by Gasteiger charge is 2.09. The Balaban J connectivity index is 0.00000289. The molecule has 1 aromatic rings. The summed E-state index contributed by atoms with van der Waals surface area (Å²) in [5.74, 6) is 1.17. The average Bonchev–Trinajstić information content (AvgIpc) is 2.29. The van der Waals surface area contributed by atoms with Crippen molar-refractivity contribution in [2.24, 2.45) is 11.8 Å². The van der Waals surface area contributed by atoms with Crippen LogP contribution in [0.3, 0.4) is 0 Å². The van der Waals surface area contributed by atoms with Gasteiger partial charge in [0.25, 0.3) is 0 Å². The van der Waals surface area contributed by atoms with Gasteiger partial charge in [-0.1, -0.05) is 32.9 Å². The van der Waals surface area contributed by atoms with E-state index < -0.39 is 0 Å². The van der Waals surface area contributed by atoms with E-state index in [0.29, 0.717) is 18.3 Å². The zero-order chi connectivity index (χ0) is 12.8. The number of nitrogen functional groups attached to an aromatic ring is 1. The second-order valence-corrected chi connectivity index (χ2v) is 4.94. The molecule has 0 aromatic heterocycles. The predicted molar refractivity (Wildman–Crippen MR) is 78.8 cm³/mol. The third-order valence-corrected chi connectivity index (χ3v) is 3.10. The maximum absolute atomic E-state index is 11.7. The van der Waals surface area contributed by atoms with Crippen molar-refractivity contribution in [3.8, 4) is 0 Å². The summed E-state index contributed by atoms with van der Waals surface area (Å²) in [6.07, 6.45) is 0.422. The SMILES string of the molecule is CC(C)C(C)CNC(=O)Cc1ccc(N)cc1.Cl. The maximum atomic E-state index is 11.7. The summed E-state index contributed by atoms with van der Waals surface area (Å²) in [5, 5.41) is 2.96. The van der Waals surface area contributed by atoms with Gasteiger partial charge in [0, 0.05) is 12.2 Å². The molecule has 0 bridgehead atoms. The van der Waals surface area contributed by atoms with E-state index in [4.69, 9.17) is 5.73 Å². The Morgan fingerprint density at radius 2 is 1.78 bits per heavy atom. The summed E-state index contributed by atoms with van der Waals surface area (Å²) in [5.41, 5.74) is 7.31. The van der Waals surface area contributed by atoms with Gasteiger partial charge in [-0.3, -0.25) is 4.79 Å². The van der Waals surface area contributed by atoms with E-state index in [9.17, 15) is 4.79 Å². The molecule has 0 spiro atoms. The van der Waals surface area contributed by atoms with Crippen LogP contribution in [0.1, 0.15) is 26.3 Å². The number of anilines is 1. The van der Waals surface area contributed by atoms with Crippen molar-refractivity contribution in [3.63, 3.8) is 0 Å². The molecule has 102 valence electrons. The Morgan fingerprint density at radius 3 is 2.28 bits per heavy atom. The van der Waals surface area contributed by atoms with Gasteiger partial charge >= 0.3 is 0 Å². The lowest BCUT2D eigenvalue weighted by Gasteiger charge is -2.16. The molecule has 1 amide bonds. The fourth-order valence-corrected chi connectivity index (χ4v) is 1.39. The van der Waals surface area contributed by atoms with Crippen molar-refractivity contribution in [1.29, 1.82) is 0 Å². The van der Waals surface area contributed by atoms with Crippen molar-refractivity contribution in [1.82, 2.24) is 5.32 Å². The molecule has 0 saturated carbocycles. The number of halogens is 1. The van der Waals surface area contributed by atoms with Gasteiger partial charge < -0.3 is 11.1 Å². The van der Waals surface area contributed by atoms with Gasteiger partial charge in [-0.25, -0.2) is 0 Å². The van der Waals surface area contributed by atoms with Crippen molar-refractivity contribution in [3.05, 3.63) is 29.8 Å². The molecule has 0 aliphatic carbocycles. The lowest BCUT2D eigenvalue weighted by Crippen LogP contribution is -2.31. The molecule has 1 unspecified atom stereocenters. The van der Waals surface area contributed by atoms with Crippen LogP contribution in [0.25, 0.3) is 0 Å². The van der Waals surface area contributed by atoms with Gasteiger partial charge in [-0.2, -0.15) is 0 Å². The fourth-order valence-electron chi connectivity index (χ4n) is 1.39. The smallest absolute Gasteiger partial charge is 0.224 e. The van der Waals surface area contributed by atoms with E-state index in [1.54, 1.807) is 0 Å². The molecule has 1 rings (SSSR count). The number of hydrogen-bond acceptors (Lipinski definition) is 2. The summed E-state index contributed by atoms with van der Waals surface area (Å²) in [4.78, 5) is 11.7. The Labute approximate surface area is 116 Å². The number of amides is 1. The van der Waals surface area contributed by atoms with Gasteiger partial charge in [0.2, 0.25) is 5.91 Å². The zero-order valence-electron chi connectivity index (χ0n) is 11.3. The van der Waals surface area contributed by atoms with Gasteiger partial charge in [0.05, 0.1) is 6.42 Å². The van der Waals surface area contributed by atoms with Gasteiger partial charge in [0.1, 0.15) is 0 Å².